The molecule has 0 radical (unpaired) electrons. The molecule has 0 unspecified atom stereocenters. The molecule has 0 bridgehead atoms. The minimum absolute atomic E-state index is 0. The predicted octanol–water partition coefficient (Wildman–Crippen LogP) is -26.0. The summed E-state index contributed by atoms with van der Waals surface area (Å²) in [5, 5.41) is 0. The summed E-state index contributed by atoms with van der Waals surface area (Å²) in [4.78, 5) is 0. The van der Waals surface area contributed by atoms with Crippen molar-refractivity contribution in [1.82, 2.24) is 0 Å². The van der Waals surface area contributed by atoms with E-state index < -0.39 is 0 Å². The van der Waals surface area contributed by atoms with E-state index in [1.165, 1.54) is 0 Å². The van der Waals surface area contributed by atoms with Crippen LogP contribution in [0.4, 0.5) is 0 Å². The molecule has 0 heterocycles. The van der Waals surface area contributed by atoms with Gasteiger partial charge < -0.3 is 112 Å². The molecule has 0 aliphatic rings. The Morgan fingerprint density at radius 3 is 0.235 bits per heavy atom. The van der Waals surface area contributed by atoms with Crippen LogP contribution in [0, 0.1) is 0 Å². The number of hydrogen-bond donors (Lipinski definition) is 0. The van der Waals surface area contributed by atoms with E-state index in [9.17, 15) is 0 Å². The van der Waals surface area contributed by atoms with Gasteiger partial charge in [0.1, 0.15) is 0 Å². The third-order valence-corrected chi connectivity index (χ3v) is 0. The van der Waals surface area contributed by atoms with Gasteiger partial charge in [0.2, 0.25) is 0 Å². The fourth-order valence-corrected chi connectivity index (χ4v) is 0. The largest absolute Gasteiger partial charge is 4.00 e. The summed E-state index contributed by atoms with van der Waals surface area (Å²) in [5.41, 5.74) is 0. The first-order valence-corrected chi connectivity index (χ1v) is 0. The predicted molar refractivity (Wildman–Crippen MR) is 40.5 cm³/mol. The van der Waals surface area contributed by atoms with E-state index in [2.05, 4.69) is 0 Å². The molecule has 0 spiro atoms. The first kappa shape index (κ1) is 277. The van der Waals surface area contributed by atoms with Gasteiger partial charge in [-0.1, -0.05) is 0 Å². The van der Waals surface area contributed by atoms with Crippen LogP contribution in [0.3, 0.4) is 0 Å². The molecule has 0 fully saturated rings. The van der Waals surface area contributed by atoms with Crippen LogP contribution < -0.4 is 112 Å². The average molecular weight is 701 g/mol. The monoisotopic (exact) mass is 692 g/mol. The number of hydrogen-bond acceptors (Lipinski definition) is 0. The second-order valence-electron chi connectivity index (χ2n) is 0. The molecule has 0 atom stereocenters. The van der Waals surface area contributed by atoms with E-state index in [-0.39, 0.29) is 248 Å². The molecule has 17 heavy (non-hydrogen) atoms. The van der Waals surface area contributed by atoms with Gasteiger partial charge in [0, 0.05) is 0 Å². The number of rotatable bonds is 0. The van der Waals surface area contributed by atoms with Crippen molar-refractivity contribution in [3.05, 3.63) is 0 Å². The summed E-state index contributed by atoms with van der Waals surface area (Å²) in [7, 11) is 0. The van der Waals surface area contributed by atoms with Crippen LogP contribution >= 0.6 is 49.6 Å². The molecular weight excluding hydrogens is 697 g/mol. The minimum atomic E-state index is 0. The fraction of sp³-hybridized carbons (Fsp3) is 0. The van der Waals surface area contributed by atoms with E-state index >= 15 is 0 Å². The maximum absolute atomic E-state index is 0. The van der Waals surface area contributed by atoms with Crippen molar-refractivity contribution >= 4 is 84.4 Å². The molecule has 0 aromatic rings. The smallest absolute Gasteiger partial charge is 1.00 e. The second kappa shape index (κ2) is 242. The first-order chi connectivity index (χ1) is 0. The van der Waals surface area contributed by atoms with Crippen molar-refractivity contribution in [1.29, 1.82) is 0 Å². The molecule has 0 aliphatic heterocycles. The van der Waals surface area contributed by atoms with E-state index in [0.29, 0.717) is 0 Å². The summed E-state index contributed by atoms with van der Waals surface area (Å²) >= 11 is 0. The Morgan fingerprint density at radius 1 is 0.235 bits per heavy atom. The van der Waals surface area contributed by atoms with Crippen LogP contribution in [-0.2, 0) is 52.4 Å². The Morgan fingerprint density at radius 2 is 0.235 bits per heavy atom. The third kappa shape index (κ3) is 220. The maximum Gasteiger partial charge on any atom is 4.00 e. The normalized spacial score (nSPS) is 0. The molecule has 0 nitrogen and oxygen atoms in total. The standard InChI is InChI=1S/2Al.13ClH.2Zr/h;;13*1H;;/q2*+3;;;;;;;;;;;;;;2*+4/p-9. The quantitative estimate of drug-likeness (QED) is 0.221. The van der Waals surface area contributed by atoms with E-state index in [4.69, 9.17) is 0 Å². The van der Waals surface area contributed by atoms with Crippen LogP contribution in [0.2, 0.25) is 0 Å². The topological polar surface area (TPSA) is 0 Å². The van der Waals surface area contributed by atoms with Crippen molar-refractivity contribution in [2.45, 2.75) is 0 Å². The summed E-state index contributed by atoms with van der Waals surface area (Å²) in [6.07, 6.45) is 0. The zero-order valence-electron chi connectivity index (χ0n) is 7.19. The first-order valence-electron chi connectivity index (χ1n) is 0. The molecule has 0 amide bonds. The molecule has 104 valence electrons. The molecule has 17 heteroatoms. The van der Waals surface area contributed by atoms with E-state index in [0.717, 1.165) is 0 Å². The van der Waals surface area contributed by atoms with Crippen LogP contribution in [0.15, 0.2) is 0 Å². The molecule has 0 aromatic heterocycles. The summed E-state index contributed by atoms with van der Waals surface area (Å²) in [5.74, 6) is 0. The molecule has 0 saturated heterocycles. The Hall–Kier alpha value is 6.60. The Kier molecular flexibility index (Phi) is 3940. The average Bonchev–Trinajstić information content (AvgIpc) is 0. The Labute approximate surface area is 244 Å². The van der Waals surface area contributed by atoms with Gasteiger partial charge in [-0.25, -0.2) is 0 Å². The van der Waals surface area contributed by atoms with Crippen molar-refractivity contribution in [2.24, 2.45) is 0 Å². The van der Waals surface area contributed by atoms with Crippen molar-refractivity contribution in [3.8, 4) is 0 Å². The van der Waals surface area contributed by atoms with Gasteiger partial charge in [0.25, 0.3) is 0 Å². The van der Waals surface area contributed by atoms with Crippen molar-refractivity contribution in [3.63, 3.8) is 0 Å². The van der Waals surface area contributed by atoms with Gasteiger partial charge >= 0.3 is 87.1 Å². The molecule has 0 aliphatic carbocycles. The van der Waals surface area contributed by atoms with Crippen molar-refractivity contribution < 1.29 is 164 Å². The zero-order chi connectivity index (χ0) is 0. The molecule has 0 rings (SSSR count). The molecule has 0 saturated carbocycles. The SMILES string of the molecule is Cl.Cl.Cl.Cl.[Al+3].[Al+3].[Cl-].[Cl-].[Cl-].[Cl-].[Cl-].[Cl-].[Cl-].[Cl-].[Cl-].[Zr+4].[Zr+4]. The maximum atomic E-state index is 0. The van der Waals surface area contributed by atoms with Gasteiger partial charge in [-0.05, 0) is 0 Å². The summed E-state index contributed by atoms with van der Waals surface area (Å²) in [6, 6.07) is 0. The van der Waals surface area contributed by atoms with Gasteiger partial charge in [-0.2, -0.15) is 0 Å². The third-order valence-electron chi connectivity index (χ3n) is 0. The summed E-state index contributed by atoms with van der Waals surface area (Å²) in [6.45, 7) is 0. The van der Waals surface area contributed by atoms with Gasteiger partial charge in [0.15, 0.2) is 0 Å². The fourth-order valence-electron chi connectivity index (χ4n) is 0. The van der Waals surface area contributed by atoms with Crippen LogP contribution in [0.5, 0.6) is 0 Å². The summed E-state index contributed by atoms with van der Waals surface area (Å²) < 4.78 is 0. The minimum Gasteiger partial charge on any atom is -1.00 e. The van der Waals surface area contributed by atoms with Gasteiger partial charge in [-0.15, -0.1) is 49.6 Å². The van der Waals surface area contributed by atoms with Crippen molar-refractivity contribution in [2.75, 3.05) is 0 Å². The second-order valence-corrected chi connectivity index (χ2v) is 0. The number of halogens is 13. The zero-order valence-corrected chi connectivity index (χ0v) is 24.5. The van der Waals surface area contributed by atoms with E-state index in [1.54, 1.807) is 0 Å². The van der Waals surface area contributed by atoms with Gasteiger partial charge in [-0.3, -0.25) is 0 Å². The Bertz CT molecular complexity index is 17.4. The van der Waals surface area contributed by atoms with E-state index in [1.807, 2.05) is 0 Å². The van der Waals surface area contributed by atoms with Crippen LogP contribution in [0.25, 0.3) is 0 Å². The molecule has 0 N–H and O–H groups in total. The Balaban J connectivity index is 0. The van der Waals surface area contributed by atoms with Crippen LogP contribution in [-0.4, -0.2) is 34.7 Å². The van der Waals surface area contributed by atoms with Gasteiger partial charge in [0.05, 0.1) is 0 Å². The van der Waals surface area contributed by atoms with Crippen LogP contribution in [0.1, 0.15) is 0 Å². The molecular formula is H4Al2Cl13Zr2+5. The molecule has 0 aromatic carbocycles.